The molecule has 186 valence electrons. The number of hydrogen-bond donors (Lipinski definition) is 1. The third-order valence-electron chi connectivity index (χ3n) is 7.25. The molecule has 1 saturated carbocycles. The Labute approximate surface area is 213 Å². The van der Waals surface area contributed by atoms with Gasteiger partial charge in [-0.3, -0.25) is 9.69 Å². The standard InChI is InChI=1S/C29H25N3O5/c1-18-24(17-23-3-2-4-25(30-23)32-15-16-36-28(32)35)26(37-31-18)21-7-5-19(6-8-21)20-9-11-22(12-10-20)29(13-14-29)27(33)34/h2-12H,13-17H2,1H3,(H,33,34). The van der Waals surface area contributed by atoms with Crippen molar-refractivity contribution >= 4 is 17.9 Å². The average Bonchev–Trinajstić information content (AvgIpc) is 3.51. The van der Waals surface area contributed by atoms with Crippen LogP contribution < -0.4 is 4.90 Å². The van der Waals surface area contributed by atoms with E-state index in [1.807, 2.05) is 67.6 Å². The van der Waals surface area contributed by atoms with Crippen LogP contribution in [0.5, 0.6) is 0 Å². The number of aliphatic carboxylic acids is 1. The van der Waals surface area contributed by atoms with Crippen molar-refractivity contribution in [2.75, 3.05) is 18.1 Å². The van der Waals surface area contributed by atoms with Gasteiger partial charge in [0.25, 0.3) is 0 Å². The van der Waals surface area contributed by atoms with Crippen LogP contribution in [0.4, 0.5) is 10.6 Å². The molecule has 1 saturated heterocycles. The molecule has 4 aromatic rings. The monoisotopic (exact) mass is 495 g/mol. The fraction of sp³-hybridized carbons (Fsp3) is 0.241. The minimum atomic E-state index is -0.747. The molecule has 0 radical (unpaired) electrons. The van der Waals surface area contributed by atoms with Crippen LogP contribution in [0, 0.1) is 6.92 Å². The molecule has 1 amide bonds. The van der Waals surface area contributed by atoms with Gasteiger partial charge in [0, 0.05) is 23.2 Å². The van der Waals surface area contributed by atoms with E-state index in [1.54, 1.807) is 6.07 Å². The van der Waals surface area contributed by atoms with Crippen molar-refractivity contribution < 1.29 is 24.0 Å². The third kappa shape index (κ3) is 4.14. The molecule has 1 aliphatic carbocycles. The van der Waals surface area contributed by atoms with Crippen molar-refractivity contribution in [3.8, 4) is 22.5 Å². The van der Waals surface area contributed by atoms with Crippen molar-refractivity contribution in [3.63, 3.8) is 0 Å². The number of carbonyl (C=O) groups excluding carboxylic acids is 1. The molecular formula is C29H25N3O5. The van der Waals surface area contributed by atoms with E-state index in [2.05, 4.69) is 10.1 Å². The molecule has 2 fully saturated rings. The first-order chi connectivity index (χ1) is 17.9. The molecule has 1 aliphatic heterocycles. The summed E-state index contributed by atoms with van der Waals surface area (Å²) in [6.07, 6.45) is 1.52. The fourth-order valence-electron chi connectivity index (χ4n) is 4.87. The molecule has 0 bridgehead atoms. The van der Waals surface area contributed by atoms with E-state index < -0.39 is 11.4 Å². The first kappa shape index (κ1) is 23.0. The lowest BCUT2D eigenvalue weighted by molar-refractivity contribution is -0.140. The van der Waals surface area contributed by atoms with Gasteiger partial charge in [0.2, 0.25) is 0 Å². The number of hydrogen-bond acceptors (Lipinski definition) is 6. The Hall–Kier alpha value is -4.46. The summed E-state index contributed by atoms with van der Waals surface area (Å²) in [5.41, 5.74) is 5.64. The normalized spacial score (nSPS) is 16.0. The maximum atomic E-state index is 11.9. The molecule has 0 atom stereocenters. The summed E-state index contributed by atoms with van der Waals surface area (Å²) in [4.78, 5) is 29.7. The number of pyridine rings is 1. The zero-order valence-corrected chi connectivity index (χ0v) is 20.3. The largest absolute Gasteiger partial charge is 0.481 e. The van der Waals surface area contributed by atoms with Crippen LogP contribution in [-0.2, 0) is 21.4 Å². The maximum absolute atomic E-state index is 11.9. The van der Waals surface area contributed by atoms with Crippen LogP contribution in [0.3, 0.4) is 0 Å². The molecule has 0 unspecified atom stereocenters. The van der Waals surface area contributed by atoms with Gasteiger partial charge in [0.15, 0.2) is 5.76 Å². The minimum Gasteiger partial charge on any atom is -0.481 e. The van der Waals surface area contributed by atoms with Gasteiger partial charge in [-0.1, -0.05) is 59.8 Å². The Kier molecular flexibility index (Phi) is 5.52. The first-order valence-corrected chi connectivity index (χ1v) is 12.2. The van der Waals surface area contributed by atoms with Crippen molar-refractivity contribution in [2.24, 2.45) is 0 Å². The van der Waals surface area contributed by atoms with Crippen LogP contribution in [0.15, 0.2) is 71.3 Å². The number of nitrogens with zero attached hydrogens (tertiary/aromatic N) is 3. The maximum Gasteiger partial charge on any atom is 0.415 e. The van der Waals surface area contributed by atoms with E-state index in [1.165, 1.54) is 4.90 Å². The molecular weight excluding hydrogens is 470 g/mol. The fourth-order valence-corrected chi connectivity index (χ4v) is 4.87. The Balaban J connectivity index is 1.23. The molecule has 37 heavy (non-hydrogen) atoms. The summed E-state index contributed by atoms with van der Waals surface area (Å²) < 4.78 is 10.7. The average molecular weight is 496 g/mol. The molecule has 8 nitrogen and oxygen atoms in total. The molecule has 8 heteroatoms. The molecule has 2 aliphatic rings. The topological polar surface area (TPSA) is 106 Å². The molecule has 2 aromatic carbocycles. The summed E-state index contributed by atoms with van der Waals surface area (Å²) in [5.74, 6) is 0.509. The number of carbonyl (C=O) groups is 2. The lowest BCUT2D eigenvalue weighted by atomic mass is 9.93. The quantitative estimate of drug-likeness (QED) is 0.367. The van der Waals surface area contributed by atoms with E-state index in [-0.39, 0.29) is 6.09 Å². The van der Waals surface area contributed by atoms with Gasteiger partial charge in [0.05, 0.1) is 17.7 Å². The number of ether oxygens (including phenoxy) is 1. The van der Waals surface area contributed by atoms with Crippen molar-refractivity contribution in [1.82, 2.24) is 10.1 Å². The van der Waals surface area contributed by atoms with E-state index >= 15 is 0 Å². The predicted molar refractivity (Wildman–Crippen MR) is 136 cm³/mol. The van der Waals surface area contributed by atoms with Gasteiger partial charge in [-0.2, -0.15) is 0 Å². The van der Waals surface area contributed by atoms with Gasteiger partial charge in [-0.15, -0.1) is 0 Å². The third-order valence-corrected chi connectivity index (χ3v) is 7.25. The molecule has 1 N–H and O–H groups in total. The van der Waals surface area contributed by atoms with E-state index in [4.69, 9.17) is 9.26 Å². The SMILES string of the molecule is Cc1noc(-c2ccc(-c3ccc(C4(C(=O)O)CC4)cc3)cc2)c1Cc1cccc(N2CCOC2=O)n1. The highest BCUT2D eigenvalue weighted by molar-refractivity contribution is 5.88. The predicted octanol–water partition coefficient (Wildman–Crippen LogP) is 5.38. The number of amides is 1. The number of rotatable bonds is 7. The molecule has 2 aromatic heterocycles. The first-order valence-electron chi connectivity index (χ1n) is 12.2. The van der Waals surface area contributed by atoms with Crippen molar-refractivity contribution in [1.29, 1.82) is 0 Å². The van der Waals surface area contributed by atoms with Crippen LogP contribution in [-0.4, -0.2) is 40.5 Å². The van der Waals surface area contributed by atoms with Gasteiger partial charge >= 0.3 is 12.1 Å². The van der Waals surface area contributed by atoms with E-state index in [9.17, 15) is 14.7 Å². The number of benzene rings is 2. The number of aryl methyl sites for hydroxylation is 1. The highest BCUT2D eigenvalue weighted by atomic mass is 16.6. The molecule has 6 rings (SSSR count). The second-order valence-electron chi connectivity index (χ2n) is 9.55. The number of aromatic nitrogens is 2. The summed E-state index contributed by atoms with van der Waals surface area (Å²) in [6, 6.07) is 21.4. The Morgan fingerprint density at radius 2 is 1.68 bits per heavy atom. The summed E-state index contributed by atoms with van der Waals surface area (Å²) in [6.45, 7) is 2.76. The van der Waals surface area contributed by atoms with Gasteiger partial charge in [-0.05, 0) is 48.6 Å². The summed E-state index contributed by atoms with van der Waals surface area (Å²) >= 11 is 0. The zero-order chi connectivity index (χ0) is 25.6. The van der Waals surface area contributed by atoms with Crippen LogP contribution in [0.25, 0.3) is 22.5 Å². The Morgan fingerprint density at radius 1 is 1.00 bits per heavy atom. The molecule has 0 spiro atoms. The highest BCUT2D eigenvalue weighted by Gasteiger charge is 2.51. The van der Waals surface area contributed by atoms with Gasteiger partial charge in [-0.25, -0.2) is 9.78 Å². The van der Waals surface area contributed by atoms with Crippen LogP contribution in [0.2, 0.25) is 0 Å². The minimum absolute atomic E-state index is 0.364. The lowest BCUT2D eigenvalue weighted by Crippen LogP contribution is -2.24. The Bertz CT molecular complexity index is 1490. The van der Waals surface area contributed by atoms with E-state index in [0.717, 1.165) is 39.2 Å². The lowest BCUT2D eigenvalue weighted by Gasteiger charge is -2.12. The van der Waals surface area contributed by atoms with Crippen molar-refractivity contribution in [2.45, 2.75) is 31.6 Å². The number of carboxylic acid groups (broad SMARTS) is 1. The summed E-state index contributed by atoms with van der Waals surface area (Å²) in [7, 11) is 0. The number of anilines is 1. The number of carboxylic acids is 1. The van der Waals surface area contributed by atoms with E-state index in [0.29, 0.717) is 44.0 Å². The Morgan fingerprint density at radius 3 is 2.30 bits per heavy atom. The van der Waals surface area contributed by atoms with Gasteiger partial charge in [0.1, 0.15) is 12.4 Å². The van der Waals surface area contributed by atoms with Crippen molar-refractivity contribution in [3.05, 3.63) is 89.2 Å². The summed E-state index contributed by atoms with van der Waals surface area (Å²) in [5, 5.41) is 13.7. The zero-order valence-electron chi connectivity index (χ0n) is 20.3. The van der Waals surface area contributed by atoms with Crippen LogP contribution in [0.1, 0.15) is 35.4 Å². The van der Waals surface area contributed by atoms with Gasteiger partial charge < -0.3 is 14.4 Å². The smallest absolute Gasteiger partial charge is 0.415 e. The highest BCUT2D eigenvalue weighted by Crippen LogP contribution is 2.48. The second-order valence-corrected chi connectivity index (χ2v) is 9.55. The van der Waals surface area contributed by atoms with Crippen LogP contribution >= 0.6 is 0 Å². The second kappa shape index (κ2) is 8.89. The number of cyclic esters (lactones) is 1. The molecule has 3 heterocycles.